The summed E-state index contributed by atoms with van der Waals surface area (Å²) in [6.45, 7) is 1.51. The highest BCUT2D eigenvalue weighted by Crippen LogP contribution is 2.33. The van der Waals surface area contributed by atoms with E-state index in [0.717, 1.165) is 25.0 Å². The minimum Gasteiger partial charge on any atom is -0.480 e. The van der Waals surface area contributed by atoms with Crippen molar-refractivity contribution < 1.29 is 19.5 Å². The van der Waals surface area contributed by atoms with Crippen molar-refractivity contribution >= 4 is 29.7 Å². The van der Waals surface area contributed by atoms with Crippen molar-refractivity contribution in [3.8, 4) is 0 Å². The molecule has 0 aromatic carbocycles. The van der Waals surface area contributed by atoms with Crippen molar-refractivity contribution in [2.24, 2.45) is 0 Å². The zero-order chi connectivity index (χ0) is 16.3. The smallest absolute Gasteiger partial charge is 0.326 e. The van der Waals surface area contributed by atoms with E-state index in [4.69, 9.17) is 5.11 Å². The number of urea groups is 1. The van der Waals surface area contributed by atoms with Gasteiger partial charge in [0.15, 0.2) is 0 Å². The van der Waals surface area contributed by atoms with E-state index in [-0.39, 0.29) is 24.0 Å². The Labute approximate surface area is 134 Å². The number of carboxylic acids is 1. The van der Waals surface area contributed by atoms with Gasteiger partial charge in [0, 0.05) is 24.5 Å². The van der Waals surface area contributed by atoms with Gasteiger partial charge in [0.1, 0.15) is 6.04 Å². The van der Waals surface area contributed by atoms with Crippen LogP contribution in [0.1, 0.15) is 32.6 Å². The number of nitrogens with zero attached hydrogens (tertiary/aromatic N) is 1. The number of fused-ring (bicyclic) bond motifs is 1. The third-order valence-corrected chi connectivity index (χ3v) is 5.91. The van der Waals surface area contributed by atoms with Crippen LogP contribution < -0.4 is 10.6 Å². The third-order valence-electron chi connectivity index (χ3n) is 4.40. The van der Waals surface area contributed by atoms with Gasteiger partial charge in [-0.3, -0.25) is 4.79 Å². The summed E-state index contributed by atoms with van der Waals surface area (Å²) >= 11 is 1.86. The Kier molecular flexibility index (Phi) is 5.55. The van der Waals surface area contributed by atoms with E-state index >= 15 is 0 Å². The maximum atomic E-state index is 11.9. The highest BCUT2D eigenvalue weighted by Gasteiger charge is 2.42. The van der Waals surface area contributed by atoms with Crippen LogP contribution in [0.25, 0.3) is 0 Å². The number of carbonyl (C=O) groups excluding carboxylic acids is 2. The molecule has 2 heterocycles. The predicted molar refractivity (Wildman–Crippen MR) is 83.8 cm³/mol. The lowest BCUT2D eigenvalue weighted by Gasteiger charge is -2.21. The second kappa shape index (κ2) is 7.21. The first-order valence-electron chi connectivity index (χ1n) is 7.57. The summed E-state index contributed by atoms with van der Waals surface area (Å²) in [5.41, 5.74) is 0. The molecule has 2 aliphatic heterocycles. The molecule has 7 nitrogen and oxygen atoms in total. The Morgan fingerprint density at radius 2 is 2.14 bits per heavy atom. The summed E-state index contributed by atoms with van der Waals surface area (Å²) in [5.74, 6) is -0.192. The molecule has 4 unspecified atom stereocenters. The Morgan fingerprint density at radius 3 is 2.82 bits per heavy atom. The van der Waals surface area contributed by atoms with Crippen molar-refractivity contribution in [1.82, 2.24) is 15.5 Å². The fourth-order valence-corrected chi connectivity index (χ4v) is 4.37. The fourth-order valence-electron chi connectivity index (χ4n) is 2.82. The van der Waals surface area contributed by atoms with Gasteiger partial charge in [0.2, 0.25) is 5.91 Å². The predicted octanol–water partition coefficient (Wildman–Crippen LogP) is 0.644. The van der Waals surface area contributed by atoms with Crippen LogP contribution >= 0.6 is 11.8 Å². The first-order valence-corrected chi connectivity index (χ1v) is 8.62. The lowest BCUT2D eigenvalue weighted by Crippen LogP contribution is -2.40. The van der Waals surface area contributed by atoms with Crippen LogP contribution in [0.4, 0.5) is 4.79 Å². The van der Waals surface area contributed by atoms with Crippen molar-refractivity contribution in [2.75, 3.05) is 12.8 Å². The number of thioether (sulfide) groups is 1. The van der Waals surface area contributed by atoms with E-state index in [0.29, 0.717) is 11.7 Å². The molecular formula is C14H23N3O4S. The topological polar surface area (TPSA) is 98.7 Å². The number of carbonyl (C=O) groups is 3. The van der Waals surface area contributed by atoms with Crippen LogP contribution in [0.2, 0.25) is 0 Å². The van der Waals surface area contributed by atoms with E-state index in [1.165, 1.54) is 18.9 Å². The van der Waals surface area contributed by atoms with Crippen molar-refractivity contribution in [3.05, 3.63) is 0 Å². The highest BCUT2D eigenvalue weighted by atomic mass is 32.2. The lowest BCUT2D eigenvalue weighted by atomic mass is 10.0. The summed E-state index contributed by atoms with van der Waals surface area (Å²) < 4.78 is 0. The van der Waals surface area contributed by atoms with Gasteiger partial charge < -0.3 is 20.6 Å². The second-order valence-electron chi connectivity index (χ2n) is 5.89. The molecule has 0 radical (unpaired) electrons. The number of aliphatic carboxylic acids is 1. The molecule has 8 heteroatoms. The van der Waals surface area contributed by atoms with E-state index in [1.54, 1.807) is 0 Å². The summed E-state index contributed by atoms with van der Waals surface area (Å²) in [5, 5.41) is 15.1. The average Bonchev–Trinajstić information content (AvgIpc) is 3.01. The van der Waals surface area contributed by atoms with Crippen LogP contribution in [0.3, 0.4) is 0 Å². The van der Waals surface area contributed by atoms with Gasteiger partial charge in [-0.25, -0.2) is 9.59 Å². The number of rotatable bonds is 7. The van der Waals surface area contributed by atoms with E-state index in [9.17, 15) is 14.4 Å². The number of hydrogen-bond acceptors (Lipinski definition) is 4. The molecule has 0 saturated carbocycles. The number of nitrogens with one attached hydrogen (secondary N) is 2. The largest absolute Gasteiger partial charge is 0.480 e. The molecule has 0 aliphatic carbocycles. The van der Waals surface area contributed by atoms with Crippen LogP contribution in [0.15, 0.2) is 0 Å². The van der Waals surface area contributed by atoms with Gasteiger partial charge in [0.25, 0.3) is 0 Å². The minimum absolute atomic E-state index is 0.0836. The number of amides is 3. The van der Waals surface area contributed by atoms with Crippen LogP contribution in [-0.4, -0.2) is 64.1 Å². The van der Waals surface area contributed by atoms with E-state index in [1.807, 2.05) is 11.8 Å². The average molecular weight is 329 g/mol. The normalized spacial score (nSPS) is 27.7. The molecule has 0 aromatic heterocycles. The van der Waals surface area contributed by atoms with Gasteiger partial charge in [-0.05, 0) is 19.8 Å². The van der Waals surface area contributed by atoms with Gasteiger partial charge in [-0.2, -0.15) is 11.8 Å². The molecule has 2 aliphatic rings. The Bertz CT molecular complexity index is 459. The summed E-state index contributed by atoms with van der Waals surface area (Å²) in [6, 6.07) is -0.451. The van der Waals surface area contributed by atoms with Gasteiger partial charge in [-0.1, -0.05) is 6.42 Å². The standard InChI is InChI=1S/C14H23N3O4S/c1-8(13(19)20)17(2)11(18)6-4-3-5-10-12-9(7-22-10)15-14(21)16-12/h8-10,12H,3-7H2,1-2H3,(H,19,20)(H2,15,16,21). The maximum Gasteiger partial charge on any atom is 0.326 e. The Balaban J connectivity index is 1.66. The zero-order valence-electron chi connectivity index (χ0n) is 12.9. The quantitative estimate of drug-likeness (QED) is 0.470. The molecule has 2 rings (SSSR count). The van der Waals surface area contributed by atoms with Gasteiger partial charge in [0.05, 0.1) is 12.1 Å². The third kappa shape index (κ3) is 3.85. The fraction of sp³-hybridized carbons (Fsp3) is 0.786. The van der Waals surface area contributed by atoms with Gasteiger partial charge in [-0.15, -0.1) is 0 Å². The first-order chi connectivity index (χ1) is 10.4. The molecule has 4 atom stereocenters. The first kappa shape index (κ1) is 16.9. The second-order valence-corrected chi connectivity index (χ2v) is 7.16. The van der Waals surface area contributed by atoms with Crippen LogP contribution in [0.5, 0.6) is 0 Å². The summed E-state index contributed by atoms with van der Waals surface area (Å²) in [7, 11) is 1.53. The molecule has 3 amide bonds. The van der Waals surface area contributed by atoms with Crippen molar-refractivity contribution in [3.63, 3.8) is 0 Å². The molecule has 2 saturated heterocycles. The summed E-state index contributed by atoms with van der Waals surface area (Å²) in [6.07, 6.45) is 2.96. The van der Waals surface area contributed by atoms with Crippen molar-refractivity contribution in [2.45, 2.75) is 56.0 Å². The van der Waals surface area contributed by atoms with Crippen LogP contribution in [0, 0.1) is 0 Å². The minimum atomic E-state index is -0.992. The number of likely N-dealkylation sites (N-methyl/N-ethyl adjacent to an activating group) is 1. The van der Waals surface area contributed by atoms with Gasteiger partial charge >= 0.3 is 12.0 Å². The molecule has 3 N–H and O–H groups in total. The monoisotopic (exact) mass is 329 g/mol. The molecule has 22 heavy (non-hydrogen) atoms. The molecular weight excluding hydrogens is 306 g/mol. The Morgan fingerprint density at radius 1 is 1.41 bits per heavy atom. The zero-order valence-corrected chi connectivity index (χ0v) is 13.7. The Hall–Kier alpha value is -1.44. The van der Waals surface area contributed by atoms with E-state index in [2.05, 4.69) is 10.6 Å². The molecule has 2 fully saturated rings. The lowest BCUT2D eigenvalue weighted by molar-refractivity contribution is -0.148. The maximum absolute atomic E-state index is 11.9. The highest BCUT2D eigenvalue weighted by molar-refractivity contribution is 8.00. The SMILES string of the molecule is CC(C(=O)O)N(C)C(=O)CCCCC1SCC2NC(=O)NC21. The molecule has 0 aromatic rings. The molecule has 124 valence electrons. The van der Waals surface area contributed by atoms with E-state index < -0.39 is 12.0 Å². The number of unbranched alkanes of at least 4 members (excludes halogenated alkanes) is 1. The number of hydrogen-bond donors (Lipinski definition) is 3. The molecule has 0 spiro atoms. The summed E-state index contributed by atoms with van der Waals surface area (Å²) in [4.78, 5) is 35.3. The number of carboxylic acid groups (broad SMARTS) is 1. The van der Waals surface area contributed by atoms with Crippen LogP contribution in [-0.2, 0) is 9.59 Å². The van der Waals surface area contributed by atoms with Crippen molar-refractivity contribution in [1.29, 1.82) is 0 Å². The molecule has 0 bridgehead atoms.